The summed E-state index contributed by atoms with van der Waals surface area (Å²) in [5, 5.41) is 6.86. The number of halogens is 2. The average Bonchev–Trinajstić information content (AvgIpc) is 3.03. The topological polar surface area (TPSA) is 59.4 Å². The van der Waals surface area contributed by atoms with E-state index in [1.807, 2.05) is 13.1 Å². The first-order valence-corrected chi connectivity index (χ1v) is 7.99. The second kappa shape index (κ2) is 9.12. The van der Waals surface area contributed by atoms with Crippen molar-refractivity contribution < 1.29 is 18.3 Å². The Labute approximate surface area is 145 Å². The highest BCUT2D eigenvalue weighted by Crippen LogP contribution is 2.09. The monoisotopic (exact) mass is 352 g/mol. The van der Waals surface area contributed by atoms with Gasteiger partial charge in [-0.1, -0.05) is 0 Å². The lowest BCUT2D eigenvalue weighted by Gasteiger charge is -2.22. The molecule has 0 spiro atoms. The van der Waals surface area contributed by atoms with Crippen LogP contribution in [0.15, 0.2) is 30.6 Å². The van der Waals surface area contributed by atoms with E-state index in [2.05, 4.69) is 10.4 Å². The molecule has 8 heteroatoms. The number of amides is 2. The highest BCUT2D eigenvalue weighted by atomic mass is 19.1. The predicted molar refractivity (Wildman–Crippen MR) is 88.8 cm³/mol. The van der Waals surface area contributed by atoms with Crippen LogP contribution in [0, 0.1) is 11.6 Å². The summed E-state index contributed by atoms with van der Waals surface area (Å²) in [4.78, 5) is 14.0. The average molecular weight is 352 g/mol. The van der Waals surface area contributed by atoms with Crippen molar-refractivity contribution in [2.45, 2.75) is 26.6 Å². The molecular weight excluding hydrogens is 330 g/mol. The number of rotatable bonds is 8. The van der Waals surface area contributed by atoms with Crippen LogP contribution in [0.4, 0.5) is 13.6 Å². The van der Waals surface area contributed by atoms with E-state index in [0.29, 0.717) is 25.3 Å². The van der Waals surface area contributed by atoms with Crippen LogP contribution in [0.2, 0.25) is 0 Å². The normalized spacial score (nSPS) is 10.7. The number of aryl methyl sites for hydroxylation is 1. The van der Waals surface area contributed by atoms with E-state index in [0.717, 1.165) is 18.2 Å². The van der Waals surface area contributed by atoms with Crippen LogP contribution in [-0.2, 0) is 24.4 Å². The first-order valence-electron chi connectivity index (χ1n) is 7.99. The van der Waals surface area contributed by atoms with Gasteiger partial charge in [0.2, 0.25) is 0 Å². The summed E-state index contributed by atoms with van der Waals surface area (Å²) in [5.74, 6) is -1.35. The maximum atomic E-state index is 13.2. The largest absolute Gasteiger partial charge is 0.383 e. The molecule has 1 heterocycles. The number of benzene rings is 1. The number of hydrogen-bond donors (Lipinski definition) is 1. The maximum absolute atomic E-state index is 13.2. The van der Waals surface area contributed by atoms with Gasteiger partial charge >= 0.3 is 6.03 Å². The number of aromatic nitrogens is 2. The summed E-state index contributed by atoms with van der Waals surface area (Å²) in [6.45, 7) is 3.89. The number of methoxy groups -OCH3 is 1. The SMILES string of the molecule is CCn1cc(CN(CCOC)C(=O)NCc2cc(F)cc(F)c2)cn1. The van der Waals surface area contributed by atoms with Gasteiger partial charge < -0.3 is 15.0 Å². The minimum atomic E-state index is -0.674. The van der Waals surface area contributed by atoms with Gasteiger partial charge in [0.25, 0.3) is 0 Å². The fourth-order valence-corrected chi connectivity index (χ4v) is 2.34. The van der Waals surface area contributed by atoms with E-state index in [-0.39, 0.29) is 12.6 Å². The maximum Gasteiger partial charge on any atom is 0.318 e. The summed E-state index contributed by atoms with van der Waals surface area (Å²) in [7, 11) is 1.56. The molecule has 136 valence electrons. The molecule has 0 aliphatic carbocycles. The molecule has 0 saturated carbocycles. The van der Waals surface area contributed by atoms with Crippen LogP contribution < -0.4 is 5.32 Å². The van der Waals surface area contributed by atoms with E-state index < -0.39 is 11.6 Å². The smallest absolute Gasteiger partial charge is 0.318 e. The lowest BCUT2D eigenvalue weighted by molar-refractivity contribution is 0.146. The standard InChI is InChI=1S/C17H22F2N4O2/c1-3-23-12-14(10-21-23)11-22(4-5-25-2)17(24)20-9-13-6-15(18)8-16(19)7-13/h6-8,10,12H,3-5,9,11H2,1-2H3,(H,20,24). The molecule has 2 amide bonds. The number of carbonyl (C=O) groups excluding carboxylic acids is 1. The number of hydrogen-bond acceptors (Lipinski definition) is 3. The molecular formula is C17H22F2N4O2. The Morgan fingerprint density at radius 3 is 2.60 bits per heavy atom. The third-order valence-electron chi connectivity index (χ3n) is 3.60. The summed E-state index contributed by atoms with van der Waals surface area (Å²) in [5.41, 5.74) is 1.25. The highest BCUT2D eigenvalue weighted by molar-refractivity contribution is 5.74. The van der Waals surface area contributed by atoms with E-state index in [9.17, 15) is 13.6 Å². The minimum Gasteiger partial charge on any atom is -0.383 e. The second-order valence-electron chi connectivity index (χ2n) is 5.56. The number of carbonyl (C=O) groups is 1. The Morgan fingerprint density at radius 1 is 1.28 bits per heavy atom. The zero-order chi connectivity index (χ0) is 18.2. The fourth-order valence-electron chi connectivity index (χ4n) is 2.34. The highest BCUT2D eigenvalue weighted by Gasteiger charge is 2.15. The third kappa shape index (κ3) is 5.82. The number of ether oxygens (including phenoxy) is 1. The number of nitrogens with zero attached hydrogens (tertiary/aromatic N) is 3. The van der Waals surface area contributed by atoms with Crippen molar-refractivity contribution in [3.63, 3.8) is 0 Å². The Kier molecular flexibility index (Phi) is 6.88. The molecule has 0 unspecified atom stereocenters. The Hall–Kier alpha value is -2.48. The molecule has 0 radical (unpaired) electrons. The number of nitrogens with one attached hydrogen (secondary N) is 1. The molecule has 25 heavy (non-hydrogen) atoms. The lowest BCUT2D eigenvalue weighted by atomic mass is 10.2. The molecule has 0 bridgehead atoms. The summed E-state index contributed by atoms with van der Waals surface area (Å²) in [6.07, 6.45) is 3.58. The molecule has 0 aliphatic heterocycles. The second-order valence-corrected chi connectivity index (χ2v) is 5.56. The van der Waals surface area contributed by atoms with Crippen LogP contribution in [0.25, 0.3) is 0 Å². The summed E-state index contributed by atoms with van der Waals surface area (Å²) >= 11 is 0. The molecule has 2 aromatic rings. The first-order chi connectivity index (χ1) is 12.0. The summed E-state index contributed by atoms with van der Waals surface area (Å²) < 4.78 is 33.2. The molecule has 1 N–H and O–H groups in total. The van der Waals surface area contributed by atoms with Gasteiger partial charge in [0.05, 0.1) is 19.3 Å². The lowest BCUT2D eigenvalue weighted by Crippen LogP contribution is -2.40. The van der Waals surface area contributed by atoms with Crippen LogP contribution in [0.3, 0.4) is 0 Å². The van der Waals surface area contributed by atoms with Crippen molar-refractivity contribution in [3.05, 3.63) is 53.4 Å². The van der Waals surface area contributed by atoms with Crippen LogP contribution in [0.1, 0.15) is 18.1 Å². The fraction of sp³-hybridized carbons (Fsp3) is 0.412. The van der Waals surface area contributed by atoms with E-state index >= 15 is 0 Å². The van der Waals surface area contributed by atoms with Crippen LogP contribution in [-0.4, -0.2) is 41.0 Å². The van der Waals surface area contributed by atoms with Crippen molar-refractivity contribution in [2.75, 3.05) is 20.3 Å². The zero-order valence-corrected chi connectivity index (χ0v) is 14.3. The van der Waals surface area contributed by atoms with Gasteiger partial charge in [-0.15, -0.1) is 0 Å². The number of urea groups is 1. The van der Waals surface area contributed by atoms with E-state index in [4.69, 9.17) is 4.74 Å². The zero-order valence-electron chi connectivity index (χ0n) is 14.3. The van der Waals surface area contributed by atoms with Gasteiger partial charge in [-0.25, -0.2) is 13.6 Å². The van der Waals surface area contributed by atoms with Gasteiger partial charge in [0, 0.05) is 44.6 Å². The quantitative estimate of drug-likeness (QED) is 0.794. The van der Waals surface area contributed by atoms with Gasteiger partial charge in [-0.05, 0) is 24.6 Å². The molecule has 0 aliphatic rings. The van der Waals surface area contributed by atoms with Gasteiger partial charge in [-0.3, -0.25) is 4.68 Å². The molecule has 1 aromatic carbocycles. The van der Waals surface area contributed by atoms with Gasteiger partial charge in [0.15, 0.2) is 0 Å². The minimum absolute atomic E-state index is 0.0330. The van der Waals surface area contributed by atoms with Gasteiger partial charge in [0.1, 0.15) is 11.6 Å². The van der Waals surface area contributed by atoms with Crippen LogP contribution in [0.5, 0.6) is 0 Å². The van der Waals surface area contributed by atoms with Crippen molar-refractivity contribution in [1.82, 2.24) is 20.0 Å². The Balaban J connectivity index is 1.99. The van der Waals surface area contributed by atoms with Crippen molar-refractivity contribution in [2.24, 2.45) is 0 Å². The van der Waals surface area contributed by atoms with Crippen molar-refractivity contribution in [1.29, 1.82) is 0 Å². The van der Waals surface area contributed by atoms with E-state index in [1.165, 1.54) is 12.1 Å². The third-order valence-corrected chi connectivity index (χ3v) is 3.60. The molecule has 0 saturated heterocycles. The van der Waals surface area contributed by atoms with Crippen molar-refractivity contribution >= 4 is 6.03 Å². The van der Waals surface area contributed by atoms with Crippen molar-refractivity contribution in [3.8, 4) is 0 Å². The molecule has 0 atom stereocenters. The molecule has 6 nitrogen and oxygen atoms in total. The molecule has 0 fully saturated rings. The van der Waals surface area contributed by atoms with Gasteiger partial charge in [-0.2, -0.15) is 5.10 Å². The molecule has 1 aromatic heterocycles. The first kappa shape index (κ1) is 18.9. The predicted octanol–water partition coefficient (Wildman–Crippen LogP) is 2.54. The summed E-state index contributed by atoms with van der Waals surface area (Å²) in [6, 6.07) is 2.83. The van der Waals surface area contributed by atoms with E-state index in [1.54, 1.807) is 22.9 Å². The Bertz CT molecular complexity index is 685. The van der Waals surface area contributed by atoms with Crippen LogP contribution >= 0.6 is 0 Å². The Morgan fingerprint density at radius 2 is 2.00 bits per heavy atom. The molecule has 2 rings (SSSR count).